The SMILES string of the molecule is CC(C)(C)Cc1c2ccccc2nc2ccccc12. The van der Waals surface area contributed by atoms with Crippen molar-refractivity contribution in [2.24, 2.45) is 5.41 Å². The molecule has 96 valence electrons. The molecule has 0 saturated carbocycles. The van der Waals surface area contributed by atoms with Gasteiger partial charge in [-0.2, -0.15) is 0 Å². The molecule has 0 N–H and O–H groups in total. The molecular weight excluding hydrogens is 230 g/mol. The minimum atomic E-state index is 0.271. The molecule has 3 rings (SSSR count). The number of hydrogen-bond acceptors (Lipinski definition) is 1. The van der Waals surface area contributed by atoms with Crippen LogP contribution in [0, 0.1) is 5.41 Å². The van der Waals surface area contributed by atoms with Gasteiger partial charge in [-0.1, -0.05) is 57.2 Å². The van der Waals surface area contributed by atoms with Crippen LogP contribution in [0.4, 0.5) is 0 Å². The number of pyridine rings is 1. The summed E-state index contributed by atoms with van der Waals surface area (Å²) in [6, 6.07) is 16.9. The third kappa shape index (κ3) is 2.33. The van der Waals surface area contributed by atoms with E-state index in [-0.39, 0.29) is 5.41 Å². The Kier molecular flexibility index (Phi) is 2.78. The Balaban J connectivity index is 2.39. The molecule has 1 heteroatoms. The van der Waals surface area contributed by atoms with Gasteiger partial charge in [-0.25, -0.2) is 4.98 Å². The number of aromatic nitrogens is 1. The first-order chi connectivity index (χ1) is 9.04. The lowest BCUT2D eigenvalue weighted by atomic mass is 9.85. The van der Waals surface area contributed by atoms with Crippen molar-refractivity contribution >= 4 is 21.8 Å². The summed E-state index contributed by atoms with van der Waals surface area (Å²) in [7, 11) is 0. The summed E-state index contributed by atoms with van der Waals surface area (Å²) >= 11 is 0. The van der Waals surface area contributed by atoms with Gasteiger partial charge in [-0.05, 0) is 29.5 Å². The van der Waals surface area contributed by atoms with Crippen LogP contribution in [0.25, 0.3) is 21.8 Å². The van der Waals surface area contributed by atoms with Crippen molar-refractivity contribution in [3.63, 3.8) is 0 Å². The van der Waals surface area contributed by atoms with Gasteiger partial charge in [-0.15, -0.1) is 0 Å². The van der Waals surface area contributed by atoms with Gasteiger partial charge in [0.25, 0.3) is 0 Å². The van der Waals surface area contributed by atoms with Gasteiger partial charge in [0.15, 0.2) is 0 Å². The topological polar surface area (TPSA) is 12.9 Å². The highest BCUT2D eigenvalue weighted by Crippen LogP contribution is 2.31. The Morgan fingerprint density at radius 1 is 0.789 bits per heavy atom. The summed E-state index contributed by atoms with van der Waals surface area (Å²) in [6.45, 7) is 6.87. The number of fused-ring (bicyclic) bond motifs is 2. The monoisotopic (exact) mass is 249 g/mol. The molecule has 0 radical (unpaired) electrons. The van der Waals surface area contributed by atoms with Crippen LogP contribution in [0.3, 0.4) is 0 Å². The number of benzene rings is 2. The van der Waals surface area contributed by atoms with Crippen molar-refractivity contribution in [3.05, 3.63) is 54.1 Å². The Labute approximate surface area is 114 Å². The third-order valence-corrected chi connectivity index (χ3v) is 3.41. The van der Waals surface area contributed by atoms with Gasteiger partial charge < -0.3 is 0 Å². The molecule has 0 aliphatic carbocycles. The summed E-state index contributed by atoms with van der Waals surface area (Å²) in [5.74, 6) is 0. The zero-order valence-corrected chi connectivity index (χ0v) is 11.8. The minimum absolute atomic E-state index is 0.271. The van der Waals surface area contributed by atoms with E-state index in [0.717, 1.165) is 17.5 Å². The quantitative estimate of drug-likeness (QED) is 0.554. The number of rotatable bonds is 1. The maximum atomic E-state index is 4.77. The van der Waals surface area contributed by atoms with E-state index in [0.29, 0.717) is 0 Å². The molecule has 0 spiro atoms. The Morgan fingerprint density at radius 3 is 1.74 bits per heavy atom. The second-order valence-electron chi connectivity index (χ2n) is 6.36. The molecule has 0 fully saturated rings. The van der Waals surface area contributed by atoms with Crippen LogP contribution >= 0.6 is 0 Å². The Bertz CT molecular complexity index is 681. The van der Waals surface area contributed by atoms with Crippen LogP contribution in [0.1, 0.15) is 26.3 Å². The molecule has 0 saturated heterocycles. The fraction of sp³-hybridized carbons (Fsp3) is 0.278. The van der Waals surface area contributed by atoms with E-state index in [1.54, 1.807) is 0 Å². The van der Waals surface area contributed by atoms with Crippen molar-refractivity contribution in [3.8, 4) is 0 Å². The first-order valence-corrected chi connectivity index (χ1v) is 6.81. The van der Waals surface area contributed by atoms with Gasteiger partial charge in [0.1, 0.15) is 0 Å². The fourth-order valence-electron chi connectivity index (χ4n) is 2.65. The molecule has 0 aliphatic heterocycles. The summed E-state index contributed by atoms with van der Waals surface area (Å²) in [6.07, 6.45) is 1.07. The smallest absolute Gasteiger partial charge is 0.0712 e. The maximum absolute atomic E-state index is 4.77. The van der Waals surface area contributed by atoms with E-state index in [4.69, 9.17) is 4.98 Å². The number of nitrogens with zero attached hydrogens (tertiary/aromatic N) is 1. The first kappa shape index (κ1) is 12.2. The fourth-order valence-corrected chi connectivity index (χ4v) is 2.65. The molecule has 19 heavy (non-hydrogen) atoms. The molecule has 0 unspecified atom stereocenters. The van der Waals surface area contributed by atoms with Crippen LogP contribution in [0.2, 0.25) is 0 Å². The average molecular weight is 249 g/mol. The van der Waals surface area contributed by atoms with Crippen molar-refractivity contribution in [1.29, 1.82) is 0 Å². The normalized spacial score (nSPS) is 12.2. The van der Waals surface area contributed by atoms with E-state index >= 15 is 0 Å². The molecular formula is C18H19N. The third-order valence-electron chi connectivity index (χ3n) is 3.41. The van der Waals surface area contributed by atoms with Crippen molar-refractivity contribution < 1.29 is 0 Å². The van der Waals surface area contributed by atoms with Crippen LogP contribution in [-0.4, -0.2) is 4.98 Å². The highest BCUT2D eigenvalue weighted by Gasteiger charge is 2.16. The zero-order valence-electron chi connectivity index (χ0n) is 11.8. The molecule has 2 aromatic carbocycles. The molecule has 3 aromatic rings. The number of para-hydroxylation sites is 2. The standard InChI is InChI=1S/C18H19N/c1-18(2,3)12-15-13-8-4-6-10-16(13)19-17-11-7-5-9-14(15)17/h4-11H,12H2,1-3H3. The highest BCUT2D eigenvalue weighted by atomic mass is 14.7. The zero-order chi connectivity index (χ0) is 13.5. The summed E-state index contributed by atoms with van der Waals surface area (Å²) in [5, 5.41) is 2.58. The predicted molar refractivity (Wildman–Crippen MR) is 82.4 cm³/mol. The Morgan fingerprint density at radius 2 is 1.26 bits per heavy atom. The minimum Gasteiger partial charge on any atom is -0.248 e. The van der Waals surface area contributed by atoms with E-state index in [9.17, 15) is 0 Å². The molecule has 0 bridgehead atoms. The Hall–Kier alpha value is -1.89. The molecule has 0 amide bonds. The van der Waals surface area contributed by atoms with E-state index in [1.807, 2.05) is 0 Å². The highest BCUT2D eigenvalue weighted by molar-refractivity contribution is 5.97. The van der Waals surface area contributed by atoms with Gasteiger partial charge in [-0.3, -0.25) is 0 Å². The predicted octanol–water partition coefficient (Wildman–Crippen LogP) is 4.98. The molecule has 1 nitrogen and oxygen atoms in total. The van der Waals surface area contributed by atoms with Crippen molar-refractivity contribution in [2.45, 2.75) is 27.2 Å². The number of hydrogen-bond donors (Lipinski definition) is 0. The van der Waals surface area contributed by atoms with Gasteiger partial charge >= 0.3 is 0 Å². The summed E-state index contributed by atoms with van der Waals surface area (Å²) < 4.78 is 0. The van der Waals surface area contributed by atoms with Crippen LogP contribution < -0.4 is 0 Å². The molecule has 0 aliphatic rings. The van der Waals surface area contributed by atoms with Gasteiger partial charge in [0.05, 0.1) is 11.0 Å². The van der Waals surface area contributed by atoms with E-state index in [2.05, 4.69) is 69.3 Å². The van der Waals surface area contributed by atoms with Crippen molar-refractivity contribution in [2.75, 3.05) is 0 Å². The lowest BCUT2D eigenvalue weighted by molar-refractivity contribution is 0.414. The van der Waals surface area contributed by atoms with Crippen LogP contribution in [0.5, 0.6) is 0 Å². The maximum Gasteiger partial charge on any atom is 0.0712 e. The summed E-state index contributed by atoms with van der Waals surface area (Å²) in [4.78, 5) is 4.77. The average Bonchev–Trinajstić information content (AvgIpc) is 2.37. The largest absolute Gasteiger partial charge is 0.248 e. The lowest BCUT2D eigenvalue weighted by Gasteiger charge is -2.21. The second-order valence-corrected chi connectivity index (χ2v) is 6.36. The molecule has 0 atom stereocenters. The van der Waals surface area contributed by atoms with E-state index in [1.165, 1.54) is 16.3 Å². The van der Waals surface area contributed by atoms with Crippen LogP contribution in [0.15, 0.2) is 48.5 Å². The van der Waals surface area contributed by atoms with Crippen LogP contribution in [-0.2, 0) is 6.42 Å². The summed E-state index contributed by atoms with van der Waals surface area (Å²) in [5.41, 5.74) is 3.89. The van der Waals surface area contributed by atoms with Crippen molar-refractivity contribution in [1.82, 2.24) is 4.98 Å². The first-order valence-electron chi connectivity index (χ1n) is 6.81. The lowest BCUT2D eigenvalue weighted by Crippen LogP contribution is -2.10. The molecule has 1 aromatic heterocycles. The van der Waals surface area contributed by atoms with Gasteiger partial charge in [0, 0.05) is 10.8 Å². The van der Waals surface area contributed by atoms with E-state index < -0.39 is 0 Å². The second kappa shape index (κ2) is 4.34. The molecule has 1 heterocycles. The van der Waals surface area contributed by atoms with Gasteiger partial charge in [0.2, 0.25) is 0 Å².